The van der Waals surface area contributed by atoms with Gasteiger partial charge in [0.25, 0.3) is 5.91 Å². The van der Waals surface area contributed by atoms with Gasteiger partial charge in [-0.1, -0.05) is 61.9 Å². The van der Waals surface area contributed by atoms with Crippen molar-refractivity contribution >= 4 is 23.4 Å². The highest BCUT2D eigenvalue weighted by atomic mass is 16.5. The topological polar surface area (TPSA) is 72.5 Å². The third-order valence-electron chi connectivity index (χ3n) is 9.98. The van der Waals surface area contributed by atoms with Gasteiger partial charge in [0.05, 0.1) is 13.7 Å². The lowest BCUT2D eigenvalue weighted by molar-refractivity contribution is -0.112. The van der Waals surface area contributed by atoms with E-state index in [1.54, 1.807) is 7.11 Å². The van der Waals surface area contributed by atoms with Gasteiger partial charge in [-0.15, -0.1) is 0 Å². The standard InChI is InChI=1S/C44H53N3O5/c1-4-5-24-50-27-28-52-41-17-12-34(13-18-41)35-14-19-42-38(29-35)30-36(20-23-47(42)32-37-8-6-7-9-43(37)49-3)44(48)45-39-15-10-33(11-16-39)31-46(2)40-21-25-51-26-22-40/h6-19,29-30,40H,4-5,20-28,31-32H2,1-3H3,(H,45,48). The molecule has 2 aliphatic heterocycles. The number of methoxy groups -OCH3 is 1. The van der Waals surface area contributed by atoms with Crippen LogP contribution in [0, 0.1) is 0 Å². The van der Waals surface area contributed by atoms with Crippen LogP contribution in [0.25, 0.3) is 17.2 Å². The van der Waals surface area contributed by atoms with Crippen molar-refractivity contribution < 1.29 is 23.7 Å². The van der Waals surface area contributed by atoms with Crippen molar-refractivity contribution in [2.24, 2.45) is 0 Å². The van der Waals surface area contributed by atoms with Gasteiger partial charge in [0.1, 0.15) is 18.1 Å². The summed E-state index contributed by atoms with van der Waals surface area (Å²) in [6, 6.07) is 31.6. The first-order valence-electron chi connectivity index (χ1n) is 18.7. The molecule has 2 aliphatic rings. The predicted octanol–water partition coefficient (Wildman–Crippen LogP) is 8.60. The molecule has 0 saturated carbocycles. The second-order valence-corrected chi connectivity index (χ2v) is 13.7. The number of anilines is 2. The smallest absolute Gasteiger partial charge is 0.251 e. The largest absolute Gasteiger partial charge is 0.496 e. The average molecular weight is 704 g/mol. The number of hydrogen-bond donors (Lipinski definition) is 1. The first kappa shape index (κ1) is 37.1. The summed E-state index contributed by atoms with van der Waals surface area (Å²) < 4.78 is 22.8. The van der Waals surface area contributed by atoms with Crippen LogP contribution < -0.4 is 19.7 Å². The zero-order valence-corrected chi connectivity index (χ0v) is 30.9. The van der Waals surface area contributed by atoms with E-state index in [1.807, 2.05) is 42.5 Å². The summed E-state index contributed by atoms with van der Waals surface area (Å²) >= 11 is 0. The van der Waals surface area contributed by atoms with Crippen LogP contribution in [-0.2, 0) is 27.4 Å². The number of nitrogens with zero attached hydrogens (tertiary/aromatic N) is 2. The molecular weight excluding hydrogens is 650 g/mol. The van der Waals surface area contributed by atoms with Crippen molar-refractivity contribution in [3.05, 3.63) is 113 Å². The predicted molar refractivity (Wildman–Crippen MR) is 210 cm³/mol. The zero-order valence-electron chi connectivity index (χ0n) is 30.9. The number of carbonyl (C=O) groups excluding carboxylic acids is 1. The molecule has 8 nitrogen and oxygen atoms in total. The average Bonchev–Trinajstić information content (AvgIpc) is 3.37. The van der Waals surface area contributed by atoms with Crippen LogP contribution in [0.15, 0.2) is 96.6 Å². The quantitative estimate of drug-likeness (QED) is 0.117. The Morgan fingerprint density at radius 1 is 0.923 bits per heavy atom. The maximum absolute atomic E-state index is 13.9. The summed E-state index contributed by atoms with van der Waals surface area (Å²) in [5, 5.41) is 3.18. The van der Waals surface area contributed by atoms with Gasteiger partial charge in [-0.05, 0) is 104 Å². The highest BCUT2D eigenvalue weighted by Crippen LogP contribution is 2.35. The molecule has 2 heterocycles. The maximum Gasteiger partial charge on any atom is 0.251 e. The lowest BCUT2D eigenvalue weighted by Crippen LogP contribution is -2.36. The molecule has 4 aromatic rings. The van der Waals surface area contributed by atoms with Crippen molar-refractivity contribution in [3.8, 4) is 22.6 Å². The van der Waals surface area contributed by atoms with Gasteiger partial charge in [0.15, 0.2) is 0 Å². The van der Waals surface area contributed by atoms with E-state index in [9.17, 15) is 4.79 Å². The minimum absolute atomic E-state index is 0.0808. The highest BCUT2D eigenvalue weighted by molar-refractivity contribution is 6.07. The van der Waals surface area contributed by atoms with E-state index in [2.05, 4.69) is 83.7 Å². The Bertz CT molecular complexity index is 1770. The molecule has 0 aliphatic carbocycles. The van der Waals surface area contributed by atoms with Gasteiger partial charge < -0.3 is 29.2 Å². The summed E-state index contributed by atoms with van der Waals surface area (Å²) in [7, 11) is 3.89. The number of unbranched alkanes of at least 4 members (excludes halogenated alkanes) is 1. The number of para-hydroxylation sites is 1. The van der Waals surface area contributed by atoms with Crippen LogP contribution in [0.2, 0.25) is 0 Å². The van der Waals surface area contributed by atoms with Gasteiger partial charge >= 0.3 is 0 Å². The van der Waals surface area contributed by atoms with Crippen LogP contribution in [0.1, 0.15) is 55.7 Å². The normalized spacial score (nSPS) is 14.8. The number of carbonyl (C=O) groups is 1. The van der Waals surface area contributed by atoms with E-state index in [0.717, 1.165) is 103 Å². The van der Waals surface area contributed by atoms with E-state index < -0.39 is 0 Å². The molecule has 0 radical (unpaired) electrons. The third-order valence-corrected chi connectivity index (χ3v) is 9.98. The second-order valence-electron chi connectivity index (χ2n) is 13.7. The molecule has 1 fully saturated rings. The van der Waals surface area contributed by atoms with E-state index in [1.165, 1.54) is 5.56 Å². The molecule has 1 saturated heterocycles. The molecule has 6 rings (SSSR count). The first-order chi connectivity index (χ1) is 25.5. The van der Waals surface area contributed by atoms with Gasteiger partial charge in [0.2, 0.25) is 0 Å². The molecule has 52 heavy (non-hydrogen) atoms. The maximum atomic E-state index is 13.9. The Labute approximate surface area is 309 Å². The van der Waals surface area contributed by atoms with E-state index >= 15 is 0 Å². The highest BCUT2D eigenvalue weighted by Gasteiger charge is 2.22. The van der Waals surface area contributed by atoms with Crippen LogP contribution in [0.3, 0.4) is 0 Å². The summed E-state index contributed by atoms with van der Waals surface area (Å²) in [5.41, 5.74) is 8.11. The molecular formula is C44H53N3O5. The molecule has 0 unspecified atom stereocenters. The Morgan fingerprint density at radius 3 is 2.46 bits per heavy atom. The van der Waals surface area contributed by atoms with E-state index in [0.29, 0.717) is 38.8 Å². The minimum atomic E-state index is -0.0808. The molecule has 1 amide bonds. The Balaban J connectivity index is 1.18. The first-order valence-corrected chi connectivity index (χ1v) is 18.7. The molecule has 0 aromatic heterocycles. The molecule has 4 aromatic carbocycles. The fourth-order valence-corrected chi connectivity index (χ4v) is 6.91. The summed E-state index contributed by atoms with van der Waals surface area (Å²) in [6.45, 7) is 7.92. The number of benzene rings is 4. The van der Waals surface area contributed by atoms with Crippen LogP contribution >= 0.6 is 0 Å². The summed E-state index contributed by atoms with van der Waals surface area (Å²) in [6.07, 6.45) is 6.99. The van der Waals surface area contributed by atoms with Gasteiger partial charge in [0, 0.05) is 68.0 Å². The van der Waals surface area contributed by atoms with Crippen molar-refractivity contribution in [1.29, 1.82) is 0 Å². The van der Waals surface area contributed by atoms with Crippen molar-refractivity contribution in [1.82, 2.24) is 4.90 Å². The number of ether oxygens (including phenoxy) is 4. The second kappa shape index (κ2) is 18.7. The van der Waals surface area contributed by atoms with Gasteiger partial charge in [-0.2, -0.15) is 0 Å². The zero-order chi connectivity index (χ0) is 36.1. The molecule has 0 spiro atoms. The van der Waals surface area contributed by atoms with Gasteiger partial charge in [-0.3, -0.25) is 9.69 Å². The fourth-order valence-electron chi connectivity index (χ4n) is 6.91. The number of nitrogens with one attached hydrogen (secondary N) is 1. The van der Waals surface area contributed by atoms with Crippen molar-refractivity contribution in [3.63, 3.8) is 0 Å². The molecule has 1 N–H and O–H groups in total. The van der Waals surface area contributed by atoms with E-state index in [4.69, 9.17) is 18.9 Å². The molecule has 8 heteroatoms. The molecule has 274 valence electrons. The van der Waals surface area contributed by atoms with Gasteiger partial charge in [-0.25, -0.2) is 0 Å². The monoisotopic (exact) mass is 703 g/mol. The van der Waals surface area contributed by atoms with Crippen molar-refractivity contribution in [2.45, 2.75) is 58.2 Å². The minimum Gasteiger partial charge on any atom is -0.496 e. The lowest BCUT2D eigenvalue weighted by Gasteiger charge is -2.31. The SMILES string of the molecule is CCCCOCCOc1ccc(-c2ccc3c(c2)C=C(C(=O)Nc2ccc(CN(C)C4CCOCC4)cc2)CCN3Cc2ccccc2OC)cc1. The van der Waals surface area contributed by atoms with Crippen LogP contribution in [0.5, 0.6) is 11.5 Å². The van der Waals surface area contributed by atoms with Crippen LogP contribution in [0.4, 0.5) is 11.4 Å². The molecule has 0 atom stereocenters. The number of hydrogen-bond acceptors (Lipinski definition) is 7. The Hall–Kier alpha value is -4.63. The number of fused-ring (bicyclic) bond motifs is 1. The third kappa shape index (κ3) is 10.0. The summed E-state index contributed by atoms with van der Waals surface area (Å²) in [4.78, 5) is 18.6. The Morgan fingerprint density at radius 2 is 1.69 bits per heavy atom. The summed E-state index contributed by atoms with van der Waals surface area (Å²) in [5.74, 6) is 1.59. The van der Waals surface area contributed by atoms with Crippen molar-refractivity contribution in [2.75, 3.05) is 64.0 Å². The van der Waals surface area contributed by atoms with Crippen LogP contribution in [-0.4, -0.2) is 70.6 Å². The fraction of sp³-hybridized carbons (Fsp3) is 0.386. The molecule has 0 bridgehead atoms. The Kier molecular flexibility index (Phi) is 13.4. The number of rotatable bonds is 16. The number of amides is 1. The lowest BCUT2D eigenvalue weighted by atomic mass is 10.00. The van der Waals surface area contributed by atoms with E-state index in [-0.39, 0.29) is 5.91 Å².